The van der Waals surface area contributed by atoms with Crippen LogP contribution in [0.1, 0.15) is 24.3 Å². The number of benzene rings is 2. The highest BCUT2D eigenvalue weighted by atomic mass is 19.1. The molecule has 2 amide bonds. The lowest BCUT2D eigenvalue weighted by Crippen LogP contribution is -2.48. The lowest BCUT2D eigenvalue weighted by atomic mass is 9.89. The molecular weight excluding hydrogens is 366 g/mol. The number of carbonyl (C=O) groups excluding carboxylic acids is 2. The van der Waals surface area contributed by atoms with Gasteiger partial charge in [0.15, 0.2) is 0 Å². The van der Waals surface area contributed by atoms with Crippen LogP contribution in [0.25, 0.3) is 11.1 Å². The molecule has 0 saturated carbocycles. The van der Waals surface area contributed by atoms with Gasteiger partial charge < -0.3 is 15.0 Å². The van der Waals surface area contributed by atoms with Crippen molar-refractivity contribution in [2.45, 2.75) is 24.8 Å². The summed E-state index contributed by atoms with van der Waals surface area (Å²) in [5.41, 5.74) is 2.14. The van der Waals surface area contributed by atoms with Gasteiger partial charge in [0, 0.05) is 37.1 Å². The van der Waals surface area contributed by atoms with E-state index in [0.717, 1.165) is 11.6 Å². The summed E-state index contributed by atoms with van der Waals surface area (Å²) in [5.74, 6) is -0.857. The third-order valence-corrected chi connectivity index (χ3v) is 5.30. The van der Waals surface area contributed by atoms with Crippen LogP contribution in [0.15, 0.2) is 42.5 Å². The molecule has 7 heteroatoms. The Bertz CT molecular complexity index is 895. The molecule has 2 aromatic carbocycles. The maximum Gasteiger partial charge on any atom is 0.407 e. The van der Waals surface area contributed by atoms with Gasteiger partial charge in [0.1, 0.15) is 18.2 Å². The van der Waals surface area contributed by atoms with E-state index in [1.54, 1.807) is 4.90 Å². The first-order valence-corrected chi connectivity index (χ1v) is 9.26. The largest absolute Gasteiger partial charge is 0.447 e. The minimum absolute atomic E-state index is 0.0717. The van der Waals surface area contributed by atoms with E-state index in [0.29, 0.717) is 43.7 Å². The molecule has 1 N–H and O–H groups in total. The summed E-state index contributed by atoms with van der Waals surface area (Å²) >= 11 is 0. The lowest BCUT2D eigenvalue weighted by Gasteiger charge is -2.40. The van der Waals surface area contributed by atoms with Gasteiger partial charge in [-0.25, -0.2) is 13.6 Å². The summed E-state index contributed by atoms with van der Waals surface area (Å²) in [6.07, 6.45) is 0.526. The number of ether oxygens (including phenoxy) is 1. The molecule has 28 heavy (non-hydrogen) atoms. The monoisotopic (exact) mass is 386 g/mol. The van der Waals surface area contributed by atoms with Gasteiger partial charge in [0.25, 0.3) is 0 Å². The molecule has 0 spiro atoms. The molecule has 1 atom stereocenters. The number of rotatable bonds is 5. The van der Waals surface area contributed by atoms with E-state index in [9.17, 15) is 18.4 Å². The number of hydrogen-bond donors (Lipinski definition) is 1. The molecule has 2 aromatic rings. The number of cyclic esters (lactones) is 1. The summed E-state index contributed by atoms with van der Waals surface area (Å²) in [6, 6.07) is 10.9. The van der Waals surface area contributed by atoms with Crippen LogP contribution in [0.2, 0.25) is 0 Å². The highest BCUT2D eigenvalue weighted by molar-refractivity contribution is 5.77. The standard InChI is InChI=1S/C21H20F2N2O3/c22-16-5-7-18(19(23)9-16)14-3-1-13(2-4-14)15-10-25(11-15)20(26)8-6-17-12-28-21(27)24-17/h1-5,7,9,15,17H,6,8,10-12H2,(H,24,27)/t17-/m0/s1. The van der Waals surface area contributed by atoms with Crippen molar-refractivity contribution in [3.05, 3.63) is 59.7 Å². The fourth-order valence-corrected chi connectivity index (χ4v) is 3.59. The number of amides is 2. The maximum atomic E-state index is 13.9. The predicted molar refractivity (Wildman–Crippen MR) is 98.6 cm³/mol. The molecule has 2 fully saturated rings. The van der Waals surface area contributed by atoms with Gasteiger partial charge in [-0.2, -0.15) is 0 Å². The third-order valence-electron chi connectivity index (χ3n) is 5.30. The van der Waals surface area contributed by atoms with Gasteiger partial charge in [-0.05, 0) is 29.7 Å². The van der Waals surface area contributed by atoms with Gasteiger partial charge in [-0.15, -0.1) is 0 Å². The number of halogens is 2. The van der Waals surface area contributed by atoms with Crippen LogP contribution in [0.5, 0.6) is 0 Å². The average molecular weight is 386 g/mol. The molecule has 2 aliphatic heterocycles. The van der Waals surface area contributed by atoms with Gasteiger partial charge in [-0.1, -0.05) is 24.3 Å². The molecule has 146 valence electrons. The van der Waals surface area contributed by atoms with E-state index >= 15 is 0 Å². The number of nitrogens with one attached hydrogen (secondary N) is 1. The molecule has 0 radical (unpaired) electrons. The maximum absolute atomic E-state index is 13.9. The summed E-state index contributed by atoms with van der Waals surface area (Å²) < 4.78 is 31.8. The van der Waals surface area contributed by atoms with Gasteiger partial charge in [0.2, 0.25) is 5.91 Å². The zero-order valence-electron chi connectivity index (χ0n) is 15.2. The first-order valence-electron chi connectivity index (χ1n) is 9.26. The number of nitrogens with zero attached hydrogens (tertiary/aromatic N) is 1. The Balaban J connectivity index is 1.29. The zero-order chi connectivity index (χ0) is 19.7. The topological polar surface area (TPSA) is 58.6 Å². The Morgan fingerprint density at radius 2 is 1.89 bits per heavy atom. The number of alkyl carbamates (subject to hydrolysis) is 1. The Kier molecular flexibility index (Phi) is 4.98. The van der Waals surface area contributed by atoms with Crippen molar-refractivity contribution in [3.8, 4) is 11.1 Å². The quantitative estimate of drug-likeness (QED) is 0.856. The van der Waals surface area contributed by atoms with Crippen molar-refractivity contribution < 1.29 is 23.1 Å². The van der Waals surface area contributed by atoms with Gasteiger partial charge in [-0.3, -0.25) is 4.79 Å². The van der Waals surface area contributed by atoms with E-state index < -0.39 is 17.7 Å². The SMILES string of the molecule is O=C1N[C@@H](CCC(=O)N2CC(c3ccc(-c4ccc(F)cc4F)cc3)C2)CO1. The molecule has 2 aliphatic rings. The van der Waals surface area contributed by atoms with Crippen molar-refractivity contribution in [1.82, 2.24) is 10.2 Å². The lowest BCUT2D eigenvalue weighted by molar-refractivity contribution is -0.135. The van der Waals surface area contributed by atoms with Crippen molar-refractivity contribution in [1.29, 1.82) is 0 Å². The zero-order valence-corrected chi connectivity index (χ0v) is 15.2. The van der Waals surface area contributed by atoms with E-state index in [-0.39, 0.29) is 17.9 Å². The molecule has 5 nitrogen and oxygen atoms in total. The molecule has 0 unspecified atom stereocenters. The highest BCUT2D eigenvalue weighted by Crippen LogP contribution is 2.30. The van der Waals surface area contributed by atoms with Crippen LogP contribution >= 0.6 is 0 Å². The van der Waals surface area contributed by atoms with Crippen LogP contribution in [0.4, 0.5) is 13.6 Å². The molecule has 4 rings (SSSR count). The molecule has 0 bridgehead atoms. The minimum atomic E-state index is -0.597. The van der Waals surface area contributed by atoms with Crippen LogP contribution in [0.3, 0.4) is 0 Å². The van der Waals surface area contributed by atoms with Crippen LogP contribution in [-0.4, -0.2) is 42.6 Å². The van der Waals surface area contributed by atoms with Crippen molar-refractivity contribution in [2.75, 3.05) is 19.7 Å². The summed E-state index contributed by atoms with van der Waals surface area (Å²) in [7, 11) is 0. The van der Waals surface area contributed by atoms with Crippen LogP contribution in [-0.2, 0) is 9.53 Å². The molecule has 0 aliphatic carbocycles. The fourth-order valence-electron chi connectivity index (χ4n) is 3.59. The number of carbonyl (C=O) groups is 2. The summed E-state index contributed by atoms with van der Waals surface area (Å²) in [5, 5.41) is 2.67. The Labute approximate surface area is 161 Å². The molecular formula is C21H20F2N2O3. The first kappa shape index (κ1) is 18.4. The second kappa shape index (κ2) is 7.58. The molecule has 0 aromatic heterocycles. The first-order chi connectivity index (χ1) is 13.5. The minimum Gasteiger partial charge on any atom is -0.447 e. The number of likely N-dealkylation sites (tertiary alicyclic amines) is 1. The van der Waals surface area contributed by atoms with E-state index in [1.165, 1.54) is 12.1 Å². The van der Waals surface area contributed by atoms with Gasteiger partial charge in [0.05, 0.1) is 6.04 Å². The summed E-state index contributed by atoms with van der Waals surface area (Å²) in [4.78, 5) is 25.0. The van der Waals surface area contributed by atoms with E-state index in [2.05, 4.69) is 5.32 Å². The predicted octanol–water partition coefficient (Wildman–Crippen LogP) is 3.45. The third kappa shape index (κ3) is 3.83. The van der Waals surface area contributed by atoms with E-state index in [4.69, 9.17) is 4.74 Å². The molecule has 2 heterocycles. The van der Waals surface area contributed by atoms with Crippen LogP contribution < -0.4 is 5.32 Å². The fraction of sp³-hybridized carbons (Fsp3) is 0.333. The van der Waals surface area contributed by atoms with Crippen molar-refractivity contribution >= 4 is 12.0 Å². The van der Waals surface area contributed by atoms with E-state index in [1.807, 2.05) is 24.3 Å². The Hall–Kier alpha value is -2.96. The van der Waals surface area contributed by atoms with Gasteiger partial charge >= 0.3 is 6.09 Å². The Morgan fingerprint density at radius 1 is 1.14 bits per heavy atom. The smallest absolute Gasteiger partial charge is 0.407 e. The second-order valence-electron chi connectivity index (χ2n) is 7.22. The van der Waals surface area contributed by atoms with Crippen molar-refractivity contribution in [3.63, 3.8) is 0 Å². The Morgan fingerprint density at radius 3 is 2.54 bits per heavy atom. The normalized spacial score (nSPS) is 19.1. The van der Waals surface area contributed by atoms with Crippen molar-refractivity contribution in [2.24, 2.45) is 0 Å². The van der Waals surface area contributed by atoms with Crippen LogP contribution in [0, 0.1) is 11.6 Å². The highest BCUT2D eigenvalue weighted by Gasteiger charge is 2.32. The number of hydrogen-bond acceptors (Lipinski definition) is 3. The molecule has 2 saturated heterocycles. The second-order valence-corrected chi connectivity index (χ2v) is 7.22. The summed E-state index contributed by atoms with van der Waals surface area (Å²) in [6.45, 7) is 1.61. The average Bonchev–Trinajstić information content (AvgIpc) is 3.05.